The molecule has 2 heterocycles. The van der Waals surface area contributed by atoms with Crippen molar-refractivity contribution < 1.29 is 14.1 Å². The van der Waals surface area contributed by atoms with Crippen molar-refractivity contribution in [3.8, 4) is 11.5 Å². The summed E-state index contributed by atoms with van der Waals surface area (Å²) in [6.45, 7) is 4.15. The summed E-state index contributed by atoms with van der Waals surface area (Å²) in [6, 6.07) is 9.64. The molecule has 0 unspecified atom stereocenters. The summed E-state index contributed by atoms with van der Waals surface area (Å²) in [5.41, 5.74) is 3.02. The minimum absolute atomic E-state index is 0.144. The van der Waals surface area contributed by atoms with E-state index >= 15 is 0 Å². The number of benzene rings is 1. The predicted octanol–water partition coefficient (Wildman–Crippen LogP) is 4.28. The Morgan fingerprint density at radius 3 is 2.96 bits per heavy atom. The number of thiazole rings is 1. The highest BCUT2D eigenvalue weighted by molar-refractivity contribution is 7.14. The van der Waals surface area contributed by atoms with Gasteiger partial charge in [0.05, 0.1) is 6.61 Å². The van der Waals surface area contributed by atoms with Gasteiger partial charge in [-0.2, -0.15) is 0 Å². The molecule has 0 radical (unpaired) electrons. The SMILES string of the molecule is CCOC(=O)c1cc(-c2csc(Nc3ccccc3CC)n2)on1. The minimum atomic E-state index is -0.502. The number of nitrogens with one attached hydrogen (secondary N) is 1. The van der Waals surface area contributed by atoms with Crippen molar-refractivity contribution in [2.45, 2.75) is 20.3 Å². The first-order valence-corrected chi connectivity index (χ1v) is 8.54. The van der Waals surface area contributed by atoms with Gasteiger partial charge in [-0.15, -0.1) is 11.3 Å². The van der Waals surface area contributed by atoms with Crippen LogP contribution in [0.3, 0.4) is 0 Å². The van der Waals surface area contributed by atoms with E-state index in [-0.39, 0.29) is 5.69 Å². The summed E-state index contributed by atoms with van der Waals surface area (Å²) >= 11 is 1.46. The third-order valence-corrected chi connectivity index (χ3v) is 4.15. The van der Waals surface area contributed by atoms with E-state index in [1.54, 1.807) is 6.92 Å². The number of nitrogens with zero attached hydrogens (tertiary/aromatic N) is 2. The van der Waals surface area contributed by atoms with Gasteiger partial charge in [0.25, 0.3) is 0 Å². The number of ether oxygens (including phenoxy) is 1. The highest BCUT2D eigenvalue weighted by Crippen LogP contribution is 2.29. The summed E-state index contributed by atoms with van der Waals surface area (Å²) < 4.78 is 10.1. The fraction of sp³-hybridized carbons (Fsp3) is 0.235. The van der Waals surface area contributed by atoms with E-state index in [0.717, 1.165) is 17.2 Å². The lowest BCUT2D eigenvalue weighted by Gasteiger charge is -2.07. The maximum Gasteiger partial charge on any atom is 0.360 e. The number of para-hydroxylation sites is 1. The van der Waals surface area contributed by atoms with Crippen LogP contribution in [0.5, 0.6) is 0 Å². The van der Waals surface area contributed by atoms with E-state index in [2.05, 4.69) is 28.4 Å². The topological polar surface area (TPSA) is 77.2 Å². The van der Waals surface area contributed by atoms with Crippen LogP contribution in [-0.4, -0.2) is 22.7 Å². The Morgan fingerprint density at radius 2 is 2.17 bits per heavy atom. The molecular formula is C17H17N3O3S. The highest BCUT2D eigenvalue weighted by atomic mass is 32.1. The average Bonchev–Trinajstić information content (AvgIpc) is 3.24. The van der Waals surface area contributed by atoms with Gasteiger partial charge in [0, 0.05) is 17.1 Å². The lowest BCUT2D eigenvalue weighted by molar-refractivity contribution is 0.0514. The fourth-order valence-electron chi connectivity index (χ4n) is 2.21. The molecule has 0 aliphatic rings. The van der Waals surface area contributed by atoms with E-state index in [4.69, 9.17) is 9.26 Å². The van der Waals surface area contributed by atoms with E-state index in [9.17, 15) is 4.79 Å². The summed E-state index contributed by atoms with van der Waals surface area (Å²) in [6.07, 6.45) is 0.937. The second-order valence-electron chi connectivity index (χ2n) is 4.97. The molecule has 0 saturated heterocycles. The van der Waals surface area contributed by atoms with Crippen molar-refractivity contribution in [1.29, 1.82) is 0 Å². The van der Waals surface area contributed by atoms with Crippen LogP contribution in [0.4, 0.5) is 10.8 Å². The second kappa shape index (κ2) is 7.27. The molecule has 24 heavy (non-hydrogen) atoms. The number of carbonyl (C=O) groups is 1. The number of hydrogen-bond donors (Lipinski definition) is 1. The van der Waals surface area contributed by atoms with Gasteiger partial charge >= 0.3 is 5.97 Å². The molecule has 6 nitrogen and oxygen atoms in total. The van der Waals surface area contributed by atoms with Crippen molar-refractivity contribution in [3.63, 3.8) is 0 Å². The van der Waals surface area contributed by atoms with Crippen LogP contribution in [-0.2, 0) is 11.2 Å². The Kier molecular flexibility index (Phi) is 4.90. The van der Waals surface area contributed by atoms with Gasteiger partial charge in [0.15, 0.2) is 16.6 Å². The third kappa shape index (κ3) is 3.46. The van der Waals surface area contributed by atoms with Gasteiger partial charge in [-0.05, 0) is 25.0 Å². The fourth-order valence-corrected chi connectivity index (χ4v) is 2.92. The zero-order chi connectivity index (χ0) is 16.9. The highest BCUT2D eigenvalue weighted by Gasteiger charge is 2.16. The minimum Gasteiger partial charge on any atom is -0.461 e. The van der Waals surface area contributed by atoms with E-state index in [1.165, 1.54) is 23.0 Å². The Labute approximate surface area is 143 Å². The van der Waals surface area contributed by atoms with E-state index in [1.807, 2.05) is 23.6 Å². The summed E-state index contributed by atoms with van der Waals surface area (Å²) in [5, 5.41) is 9.65. The number of hydrogen-bond acceptors (Lipinski definition) is 7. The molecule has 1 aromatic carbocycles. The normalized spacial score (nSPS) is 10.6. The molecular weight excluding hydrogens is 326 g/mol. The maximum atomic E-state index is 11.6. The molecule has 7 heteroatoms. The van der Waals surface area contributed by atoms with Gasteiger partial charge in [-0.3, -0.25) is 0 Å². The van der Waals surface area contributed by atoms with Crippen LogP contribution < -0.4 is 5.32 Å². The molecule has 0 fully saturated rings. The van der Waals surface area contributed by atoms with Crippen molar-refractivity contribution in [1.82, 2.24) is 10.1 Å². The largest absolute Gasteiger partial charge is 0.461 e. The summed E-state index contributed by atoms with van der Waals surface area (Å²) in [4.78, 5) is 16.1. The molecule has 124 valence electrons. The smallest absolute Gasteiger partial charge is 0.360 e. The molecule has 0 atom stereocenters. The van der Waals surface area contributed by atoms with Crippen LogP contribution in [0.2, 0.25) is 0 Å². The van der Waals surface area contributed by atoms with E-state index in [0.29, 0.717) is 18.1 Å². The molecule has 1 N–H and O–H groups in total. The van der Waals surface area contributed by atoms with Gasteiger partial charge < -0.3 is 14.6 Å². The number of esters is 1. The second-order valence-corrected chi connectivity index (χ2v) is 5.83. The summed E-state index contributed by atoms with van der Waals surface area (Å²) in [7, 11) is 0. The average molecular weight is 343 g/mol. The monoisotopic (exact) mass is 343 g/mol. The lowest BCUT2D eigenvalue weighted by atomic mass is 10.1. The zero-order valence-electron chi connectivity index (χ0n) is 13.4. The summed E-state index contributed by atoms with van der Waals surface area (Å²) in [5.74, 6) is -0.0657. The first kappa shape index (κ1) is 16.2. The van der Waals surface area contributed by atoms with E-state index < -0.39 is 5.97 Å². The Morgan fingerprint density at radius 1 is 1.33 bits per heavy atom. The molecule has 0 amide bonds. The van der Waals surface area contributed by atoms with Crippen LogP contribution in [0.25, 0.3) is 11.5 Å². The maximum absolute atomic E-state index is 11.6. The lowest BCUT2D eigenvalue weighted by Crippen LogP contribution is -2.04. The molecule has 0 aliphatic carbocycles. The van der Waals surface area contributed by atoms with Crippen molar-refractivity contribution in [3.05, 3.63) is 47.0 Å². The molecule has 0 aliphatic heterocycles. The number of aryl methyl sites for hydroxylation is 1. The van der Waals surface area contributed by atoms with Crippen LogP contribution in [0.1, 0.15) is 29.9 Å². The Balaban J connectivity index is 1.77. The third-order valence-electron chi connectivity index (χ3n) is 3.39. The van der Waals surface area contributed by atoms with Gasteiger partial charge in [-0.1, -0.05) is 30.3 Å². The van der Waals surface area contributed by atoms with Crippen LogP contribution in [0.15, 0.2) is 40.2 Å². The molecule has 2 aromatic heterocycles. The number of aromatic nitrogens is 2. The standard InChI is InChI=1S/C17H17N3O3S/c1-3-11-7-5-6-8-12(11)18-17-19-14(10-24-17)15-9-13(20-23-15)16(21)22-4-2/h5-10H,3-4H2,1-2H3,(H,18,19). The predicted molar refractivity (Wildman–Crippen MR) is 92.7 cm³/mol. The van der Waals surface area contributed by atoms with Crippen LogP contribution >= 0.6 is 11.3 Å². The number of carbonyl (C=O) groups excluding carboxylic acids is 1. The zero-order valence-corrected chi connectivity index (χ0v) is 14.2. The first-order valence-electron chi connectivity index (χ1n) is 7.66. The first-order chi connectivity index (χ1) is 11.7. The van der Waals surface area contributed by atoms with Crippen LogP contribution in [0, 0.1) is 0 Å². The van der Waals surface area contributed by atoms with Gasteiger partial charge in [0.1, 0.15) is 5.69 Å². The van der Waals surface area contributed by atoms with Gasteiger partial charge in [0.2, 0.25) is 0 Å². The molecule has 3 rings (SSSR count). The number of anilines is 2. The Hall–Kier alpha value is -2.67. The Bertz CT molecular complexity index is 841. The quantitative estimate of drug-likeness (QED) is 0.673. The number of rotatable bonds is 6. The van der Waals surface area contributed by atoms with Crippen molar-refractivity contribution in [2.75, 3.05) is 11.9 Å². The van der Waals surface area contributed by atoms with Gasteiger partial charge in [-0.25, -0.2) is 9.78 Å². The molecule has 0 bridgehead atoms. The van der Waals surface area contributed by atoms with Crippen molar-refractivity contribution >= 4 is 28.1 Å². The van der Waals surface area contributed by atoms with Crippen molar-refractivity contribution in [2.24, 2.45) is 0 Å². The molecule has 3 aromatic rings. The molecule has 0 spiro atoms. The molecule has 0 saturated carbocycles.